The fraction of sp³-hybridized carbons (Fsp3) is 0.125. The van der Waals surface area contributed by atoms with Crippen molar-refractivity contribution in [2.45, 2.75) is 13.5 Å². The number of hydrogen-bond acceptors (Lipinski definition) is 2. The van der Waals surface area contributed by atoms with E-state index in [0.29, 0.717) is 11.5 Å². The van der Waals surface area contributed by atoms with Gasteiger partial charge < -0.3 is 12.4 Å². The van der Waals surface area contributed by atoms with Gasteiger partial charge in [0.25, 0.3) is 0 Å². The van der Waals surface area contributed by atoms with E-state index >= 15 is 0 Å². The Kier molecular flexibility index (Phi) is 4.29. The molecule has 3 N–H and O–H groups in total. The third-order valence-electron chi connectivity index (χ3n) is 3.46. The van der Waals surface area contributed by atoms with E-state index < -0.39 is 0 Å². The molecule has 0 aliphatic rings. The number of nitrogens with two attached hydrogens (primary N) is 1. The van der Waals surface area contributed by atoms with Crippen LogP contribution in [-0.2, 0) is 6.54 Å². The fourth-order valence-electron chi connectivity index (χ4n) is 2.47. The van der Waals surface area contributed by atoms with Crippen molar-refractivity contribution >= 4 is 22.8 Å². The monoisotopic (exact) mass is 301 g/mol. The zero-order valence-electron chi connectivity index (χ0n) is 11.6. The molecule has 3 rings (SSSR count). The van der Waals surface area contributed by atoms with Crippen LogP contribution in [0.3, 0.4) is 0 Å². The van der Waals surface area contributed by atoms with Crippen LogP contribution < -0.4 is 22.7 Å². The van der Waals surface area contributed by atoms with Crippen molar-refractivity contribution < 1.29 is 21.8 Å². The van der Waals surface area contributed by atoms with Crippen molar-refractivity contribution in [2.75, 3.05) is 5.73 Å². The number of ketones is 1. The van der Waals surface area contributed by atoms with Crippen molar-refractivity contribution in [1.82, 2.24) is 4.98 Å². The van der Waals surface area contributed by atoms with E-state index in [9.17, 15) is 4.79 Å². The van der Waals surface area contributed by atoms with Gasteiger partial charge in [-0.15, -0.1) is 0 Å². The summed E-state index contributed by atoms with van der Waals surface area (Å²) in [5.41, 5.74) is 9.72. The van der Waals surface area contributed by atoms with Crippen molar-refractivity contribution in [3.63, 3.8) is 0 Å². The van der Waals surface area contributed by atoms with E-state index in [4.69, 9.17) is 5.73 Å². The number of nitrogens with zero attached hydrogens (tertiary/aromatic N) is 1. The number of carbonyl (C=O) groups excluding carboxylic acids is 1. The van der Waals surface area contributed by atoms with E-state index in [1.165, 1.54) is 0 Å². The lowest BCUT2D eigenvalue weighted by Gasteiger charge is -2.02. The zero-order valence-corrected chi connectivity index (χ0v) is 12.4. The summed E-state index contributed by atoms with van der Waals surface area (Å²) in [6.07, 6.45) is 0. The smallest absolute Gasteiger partial charge is 0.354 e. The maximum Gasteiger partial charge on any atom is 0.354 e. The van der Waals surface area contributed by atoms with Crippen LogP contribution >= 0.6 is 0 Å². The first-order valence-corrected chi connectivity index (χ1v) is 6.51. The Morgan fingerprint density at radius 2 is 1.86 bits per heavy atom. The van der Waals surface area contributed by atoms with E-state index in [0.717, 1.165) is 16.6 Å². The van der Waals surface area contributed by atoms with Crippen molar-refractivity contribution in [3.8, 4) is 0 Å². The lowest BCUT2D eigenvalue weighted by Crippen LogP contribution is -3.00. The van der Waals surface area contributed by atoms with Crippen LogP contribution in [0.1, 0.15) is 15.9 Å². The molecular formula is C16H16ClN3O. The molecule has 4 nitrogen and oxygen atoms in total. The Labute approximate surface area is 129 Å². The number of imidazole rings is 1. The van der Waals surface area contributed by atoms with Crippen LogP contribution in [0.15, 0.2) is 48.5 Å². The van der Waals surface area contributed by atoms with Gasteiger partial charge in [-0.3, -0.25) is 10.5 Å². The number of hydrogen-bond donors (Lipinski definition) is 2. The fourth-order valence-corrected chi connectivity index (χ4v) is 2.47. The number of halogens is 1. The van der Waals surface area contributed by atoms with E-state index in [1.807, 2.05) is 60.0 Å². The van der Waals surface area contributed by atoms with E-state index in [1.54, 1.807) is 0 Å². The largest absolute Gasteiger partial charge is 1.00 e. The Balaban J connectivity index is 0.00000161. The second-order valence-electron chi connectivity index (χ2n) is 4.86. The molecule has 0 atom stereocenters. The van der Waals surface area contributed by atoms with Crippen molar-refractivity contribution in [3.05, 3.63) is 59.7 Å². The highest BCUT2D eigenvalue weighted by Gasteiger charge is 2.19. The molecule has 0 bridgehead atoms. The van der Waals surface area contributed by atoms with Crippen LogP contribution in [0, 0.1) is 6.92 Å². The van der Waals surface area contributed by atoms with Gasteiger partial charge >= 0.3 is 5.95 Å². The molecule has 0 fully saturated rings. The van der Waals surface area contributed by atoms with Gasteiger partial charge in [0.1, 0.15) is 17.6 Å². The summed E-state index contributed by atoms with van der Waals surface area (Å²) in [6, 6.07) is 15.2. The number of H-pyrrole nitrogens is 1. The number of aryl methyl sites for hydroxylation is 1. The number of carbonyl (C=O) groups is 1. The molecule has 0 amide bonds. The summed E-state index contributed by atoms with van der Waals surface area (Å²) < 4.78 is 1.83. The Bertz CT molecular complexity index is 781. The van der Waals surface area contributed by atoms with Gasteiger partial charge in [-0.25, -0.2) is 9.55 Å². The van der Waals surface area contributed by atoms with E-state index in [-0.39, 0.29) is 24.7 Å². The lowest BCUT2D eigenvalue weighted by atomic mass is 10.1. The van der Waals surface area contributed by atoms with Gasteiger partial charge in [-0.05, 0) is 18.6 Å². The third kappa shape index (κ3) is 2.76. The Morgan fingerprint density at radius 3 is 2.57 bits per heavy atom. The maximum atomic E-state index is 12.3. The lowest BCUT2D eigenvalue weighted by molar-refractivity contribution is -0.642. The third-order valence-corrected chi connectivity index (χ3v) is 3.46. The predicted octanol–water partition coefficient (Wildman–Crippen LogP) is -0.767. The van der Waals surface area contributed by atoms with Gasteiger partial charge in [0.15, 0.2) is 5.78 Å². The summed E-state index contributed by atoms with van der Waals surface area (Å²) in [6.45, 7) is 2.25. The first kappa shape index (κ1) is 15.1. The highest BCUT2D eigenvalue weighted by atomic mass is 35.5. The van der Waals surface area contributed by atoms with Crippen LogP contribution in [0.2, 0.25) is 0 Å². The number of Topliss-reactive ketones (excluding diaryl/α,β-unsaturated/α-hetero) is 1. The topological polar surface area (TPSA) is 62.8 Å². The minimum Gasteiger partial charge on any atom is -1.00 e. The first-order valence-electron chi connectivity index (χ1n) is 6.51. The van der Waals surface area contributed by atoms with Gasteiger partial charge in [0, 0.05) is 5.56 Å². The number of para-hydroxylation sites is 1. The number of anilines is 1. The summed E-state index contributed by atoms with van der Waals surface area (Å²) >= 11 is 0. The molecule has 0 aliphatic carbocycles. The van der Waals surface area contributed by atoms with Crippen LogP contribution in [0.25, 0.3) is 11.0 Å². The maximum absolute atomic E-state index is 12.3. The molecule has 2 aromatic carbocycles. The zero-order chi connectivity index (χ0) is 14.1. The Hall–Kier alpha value is -2.33. The molecule has 0 radical (unpaired) electrons. The molecule has 1 heterocycles. The number of nitrogen functional groups attached to an aromatic ring is 1. The van der Waals surface area contributed by atoms with Gasteiger partial charge in [-0.2, -0.15) is 0 Å². The summed E-state index contributed by atoms with van der Waals surface area (Å²) in [7, 11) is 0. The van der Waals surface area contributed by atoms with Gasteiger partial charge in [-0.1, -0.05) is 42.5 Å². The van der Waals surface area contributed by atoms with E-state index in [2.05, 4.69) is 4.98 Å². The number of aromatic amines is 1. The molecule has 0 saturated heterocycles. The summed E-state index contributed by atoms with van der Waals surface area (Å²) in [5, 5.41) is 0. The minimum atomic E-state index is 0. The van der Waals surface area contributed by atoms with Gasteiger partial charge in [0.05, 0.1) is 0 Å². The van der Waals surface area contributed by atoms with Crippen LogP contribution in [0.5, 0.6) is 0 Å². The summed E-state index contributed by atoms with van der Waals surface area (Å²) in [5.74, 6) is 0.546. The molecule has 1 aromatic heterocycles. The highest BCUT2D eigenvalue weighted by Crippen LogP contribution is 2.15. The minimum absolute atomic E-state index is 0. The molecular weight excluding hydrogens is 286 g/mol. The van der Waals surface area contributed by atoms with Crippen LogP contribution in [0.4, 0.5) is 5.95 Å². The highest BCUT2D eigenvalue weighted by molar-refractivity contribution is 5.95. The van der Waals surface area contributed by atoms with Gasteiger partial charge in [0.2, 0.25) is 0 Å². The number of fused-ring (bicyclic) bond motifs is 1. The molecule has 5 heteroatoms. The second kappa shape index (κ2) is 5.97. The molecule has 0 unspecified atom stereocenters. The number of aromatic nitrogens is 2. The SMILES string of the molecule is Cc1cccc2[nH]c(N)[n+](CC(=O)c3ccccc3)c12.[Cl-]. The number of nitrogens with one attached hydrogen (secondary N) is 1. The standard InChI is InChI=1S/C16H15N3O.ClH/c1-11-6-5-9-13-15(11)19(16(17)18-13)10-14(20)12-7-3-2-4-8-12;/h2-9H,10H2,1H3,(H2,17,18);1H. The molecule has 0 spiro atoms. The van der Waals surface area contributed by atoms with Crippen LogP contribution in [-0.4, -0.2) is 10.8 Å². The average molecular weight is 302 g/mol. The molecule has 0 aliphatic heterocycles. The number of benzene rings is 2. The quantitative estimate of drug-likeness (QED) is 0.493. The average Bonchev–Trinajstić information content (AvgIpc) is 2.77. The first-order chi connectivity index (χ1) is 9.66. The molecule has 108 valence electrons. The van der Waals surface area contributed by atoms with Crippen molar-refractivity contribution in [2.24, 2.45) is 0 Å². The normalized spacial score (nSPS) is 10.3. The predicted molar refractivity (Wildman–Crippen MR) is 78.4 cm³/mol. The molecule has 3 aromatic rings. The second-order valence-corrected chi connectivity index (χ2v) is 4.86. The molecule has 0 saturated carbocycles. The summed E-state index contributed by atoms with van der Waals surface area (Å²) in [4.78, 5) is 15.4. The molecule has 21 heavy (non-hydrogen) atoms. The number of rotatable bonds is 3. The Morgan fingerprint density at radius 1 is 1.14 bits per heavy atom. The van der Waals surface area contributed by atoms with Crippen molar-refractivity contribution in [1.29, 1.82) is 0 Å².